The summed E-state index contributed by atoms with van der Waals surface area (Å²) in [4.78, 5) is 36.1. The number of benzene rings is 2. The van der Waals surface area contributed by atoms with E-state index in [4.69, 9.17) is 9.47 Å². The molecule has 8 heteroatoms. The highest BCUT2D eigenvalue weighted by atomic mass is 32.2. The molecule has 0 spiro atoms. The molecule has 32 heavy (non-hydrogen) atoms. The van der Waals surface area contributed by atoms with Crippen molar-refractivity contribution in [1.82, 2.24) is 4.98 Å². The minimum absolute atomic E-state index is 0.310. The zero-order valence-corrected chi connectivity index (χ0v) is 18.1. The fourth-order valence-corrected chi connectivity index (χ4v) is 4.88. The first-order valence-corrected chi connectivity index (χ1v) is 11.2. The molecule has 162 valence electrons. The van der Waals surface area contributed by atoms with E-state index >= 15 is 0 Å². The maximum Gasteiger partial charge on any atom is 0.342 e. The second kappa shape index (κ2) is 9.02. The zero-order valence-electron chi connectivity index (χ0n) is 17.3. The van der Waals surface area contributed by atoms with Crippen molar-refractivity contribution in [3.8, 4) is 0 Å². The van der Waals surface area contributed by atoms with Crippen LogP contribution in [0.3, 0.4) is 0 Å². The Labute approximate surface area is 190 Å². The quantitative estimate of drug-likeness (QED) is 0.562. The van der Waals surface area contributed by atoms with Gasteiger partial charge in [-0.15, -0.1) is 0 Å². The van der Waals surface area contributed by atoms with Crippen LogP contribution in [0.5, 0.6) is 0 Å². The van der Waals surface area contributed by atoms with E-state index in [2.05, 4.69) is 4.98 Å². The number of pyridine rings is 1. The number of fused-ring (bicyclic) bond motifs is 2. The standard InChI is InChI=1S/C24H21N3O4S/c28-22(27-18-7-1-3-9-20(18)32-21-10-4-2-8-19(21)27)16-31-24(29)17-6-5-11-25-23(17)26-12-14-30-15-13-26/h1-11H,12-16H2. The summed E-state index contributed by atoms with van der Waals surface area (Å²) in [5, 5.41) is 0. The Morgan fingerprint density at radius 2 is 1.59 bits per heavy atom. The lowest BCUT2D eigenvalue weighted by molar-refractivity contribution is -0.121. The van der Waals surface area contributed by atoms with Crippen LogP contribution in [-0.4, -0.2) is 49.8 Å². The van der Waals surface area contributed by atoms with Gasteiger partial charge in [-0.2, -0.15) is 0 Å². The van der Waals surface area contributed by atoms with Crippen LogP contribution in [-0.2, 0) is 14.3 Å². The molecule has 3 aromatic rings. The van der Waals surface area contributed by atoms with Crippen LogP contribution in [0.4, 0.5) is 17.2 Å². The van der Waals surface area contributed by atoms with Gasteiger partial charge in [-0.1, -0.05) is 36.0 Å². The third-order valence-electron chi connectivity index (χ3n) is 5.33. The Bertz CT molecular complexity index is 1120. The van der Waals surface area contributed by atoms with Crippen molar-refractivity contribution >= 4 is 40.8 Å². The fourth-order valence-electron chi connectivity index (χ4n) is 3.83. The largest absolute Gasteiger partial charge is 0.452 e. The first-order valence-electron chi connectivity index (χ1n) is 10.4. The van der Waals surface area contributed by atoms with Gasteiger partial charge in [0.1, 0.15) is 11.4 Å². The lowest BCUT2D eigenvalue weighted by Crippen LogP contribution is -2.38. The first kappa shape index (κ1) is 20.5. The van der Waals surface area contributed by atoms with E-state index in [0.29, 0.717) is 37.7 Å². The number of amides is 1. The summed E-state index contributed by atoms with van der Waals surface area (Å²) in [6.45, 7) is 2.08. The van der Waals surface area contributed by atoms with Crippen molar-refractivity contribution in [1.29, 1.82) is 0 Å². The van der Waals surface area contributed by atoms with Gasteiger partial charge in [-0.05, 0) is 36.4 Å². The summed E-state index contributed by atoms with van der Waals surface area (Å²) in [5.74, 6) is -0.324. The molecule has 0 radical (unpaired) electrons. The van der Waals surface area contributed by atoms with E-state index in [1.54, 1.807) is 35.0 Å². The normalized spacial score (nSPS) is 15.0. The van der Waals surface area contributed by atoms with Crippen molar-refractivity contribution < 1.29 is 19.1 Å². The van der Waals surface area contributed by atoms with Crippen molar-refractivity contribution in [2.75, 3.05) is 42.7 Å². The predicted molar refractivity (Wildman–Crippen MR) is 122 cm³/mol. The third kappa shape index (κ3) is 3.94. The van der Waals surface area contributed by atoms with E-state index in [1.807, 2.05) is 53.4 Å². The lowest BCUT2D eigenvalue weighted by Gasteiger charge is -2.31. The van der Waals surface area contributed by atoms with Crippen molar-refractivity contribution in [2.24, 2.45) is 0 Å². The smallest absolute Gasteiger partial charge is 0.342 e. The van der Waals surface area contributed by atoms with Gasteiger partial charge in [0, 0.05) is 29.1 Å². The molecule has 2 aromatic carbocycles. The van der Waals surface area contributed by atoms with Crippen LogP contribution in [0, 0.1) is 0 Å². The molecule has 0 N–H and O–H groups in total. The van der Waals surface area contributed by atoms with Crippen LogP contribution in [0.25, 0.3) is 0 Å². The number of hydrogen-bond acceptors (Lipinski definition) is 7. The molecule has 0 saturated carbocycles. The molecule has 1 fully saturated rings. The van der Waals surface area contributed by atoms with Gasteiger partial charge < -0.3 is 14.4 Å². The van der Waals surface area contributed by atoms with E-state index in [1.165, 1.54) is 0 Å². The van der Waals surface area contributed by atoms with Crippen molar-refractivity contribution in [3.05, 3.63) is 72.4 Å². The molecule has 0 aliphatic carbocycles. The van der Waals surface area contributed by atoms with Gasteiger partial charge >= 0.3 is 5.97 Å². The number of ether oxygens (including phenoxy) is 2. The second-order valence-corrected chi connectivity index (χ2v) is 8.40. The van der Waals surface area contributed by atoms with Gasteiger partial charge in [0.2, 0.25) is 0 Å². The van der Waals surface area contributed by atoms with E-state index in [0.717, 1.165) is 21.2 Å². The number of rotatable bonds is 4. The highest BCUT2D eigenvalue weighted by Crippen LogP contribution is 2.47. The number of nitrogens with zero attached hydrogens (tertiary/aromatic N) is 3. The van der Waals surface area contributed by atoms with Gasteiger partial charge in [0.05, 0.1) is 24.6 Å². The SMILES string of the molecule is O=C(OCC(=O)N1c2ccccc2Sc2ccccc21)c1cccnc1N1CCOCC1. The number of hydrogen-bond donors (Lipinski definition) is 0. The summed E-state index contributed by atoms with van der Waals surface area (Å²) < 4.78 is 10.9. The highest BCUT2D eigenvalue weighted by Gasteiger charge is 2.29. The van der Waals surface area contributed by atoms with Crippen LogP contribution < -0.4 is 9.80 Å². The van der Waals surface area contributed by atoms with Gasteiger partial charge in [-0.3, -0.25) is 9.69 Å². The number of carbonyl (C=O) groups excluding carboxylic acids is 2. The Hall–Kier alpha value is -3.36. The third-order valence-corrected chi connectivity index (χ3v) is 6.46. The number of anilines is 3. The number of morpholine rings is 1. The minimum atomic E-state index is -0.569. The van der Waals surface area contributed by atoms with Gasteiger partial charge in [-0.25, -0.2) is 9.78 Å². The Balaban J connectivity index is 1.36. The molecule has 0 atom stereocenters. The predicted octanol–water partition coefficient (Wildman–Crippen LogP) is 3.90. The van der Waals surface area contributed by atoms with E-state index in [-0.39, 0.29) is 12.5 Å². The first-order chi connectivity index (χ1) is 15.7. The monoisotopic (exact) mass is 447 g/mol. The van der Waals surface area contributed by atoms with Gasteiger partial charge in [0.15, 0.2) is 6.61 Å². The molecule has 5 rings (SSSR count). The summed E-state index contributed by atoms with van der Waals surface area (Å²) in [6, 6.07) is 18.8. The average molecular weight is 448 g/mol. The zero-order chi connectivity index (χ0) is 21.9. The van der Waals surface area contributed by atoms with E-state index < -0.39 is 5.97 Å². The summed E-state index contributed by atoms with van der Waals surface area (Å²) >= 11 is 1.62. The van der Waals surface area contributed by atoms with Crippen LogP contribution >= 0.6 is 11.8 Å². The van der Waals surface area contributed by atoms with Crippen LogP contribution in [0.1, 0.15) is 10.4 Å². The Kier molecular flexibility index (Phi) is 5.79. The molecule has 2 aliphatic rings. The molecule has 1 saturated heterocycles. The van der Waals surface area contributed by atoms with E-state index in [9.17, 15) is 9.59 Å². The number of esters is 1. The second-order valence-electron chi connectivity index (χ2n) is 7.32. The molecule has 3 heterocycles. The van der Waals surface area contributed by atoms with Crippen molar-refractivity contribution in [3.63, 3.8) is 0 Å². The maximum atomic E-state index is 13.2. The fraction of sp³-hybridized carbons (Fsp3) is 0.208. The average Bonchev–Trinajstić information content (AvgIpc) is 2.86. The Morgan fingerprint density at radius 3 is 2.28 bits per heavy atom. The van der Waals surface area contributed by atoms with Crippen LogP contribution in [0.15, 0.2) is 76.7 Å². The van der Waals surface area contributed by atoms with Gasteiger partial charge in [0.25, 0.3) is 5.91 Å². The Morgan fingerprint density at radius 1 is 0.938 bits per heavy atom. The summed E-state index contributed by atoms with van der Waals surface area (Å²) in [6.07, 6.45) is 1.64. The van der Waals surface area contributed by atoms with Crippen molar-refractivity contribution in [2.45, 2.75) is 9.79 Å². The highest BCUT2D eigenvalue weighted by molar-refractivity contribution is 7.99. The molecule has 7 nitrogen and oxygen atoms in total. The molecule has 0 bridgehead atoms. The summed E-state index contributed by atoms with van der Waals surface area (Å²) in [7, 11) is 0. The molecule has 1 aromatic heterocycles. The molecule has 2 aliphatic heterocycles. The molecular formula is C24H21N3O4S. The topological polar surface area (TPSA) is 72.0 Å². The molecule has 0 unspecified atom stereocenters. The lowest BCUT2D eigenvalue weighted by atomic mass is 10.2. The molecular weight excluding hydrogens is 426 g/mol. The minimum Gasteiger partial charge on any atom is -0.452 e. The number of aromatic nitrogens is 1. The molecule has 1 amide bonds. The maximum absolute atomic E-state index is 13.2. The summed E-state index contributed by atoms with van der Waals surface area (Å²) in [5.41, 5.74) is 1.91. The number of para-hydroxylation sites is 2. The van der Waals surface area contributed by atoms with Crippen LogP contribution in [0.2, 0.25) is 0 Å². The number of carbonyl (C=O) groups is 2.